The van der Waals surface area contributed by atoms with Crippen LogP contribution >= 0.6 is 0 Å². The van der Waals surface area contributed by atoms with Crippen LogP contribution in [0.5, 0.6) is 0 Å². The van der Waals surface area contributed by atoms with Crippen LogP contribution in [0, 0.1) is 0 Å². The third-order valence-electron chi connectivity index (χ3n) is 3.37. The summed E-state index contributed by atoms with van der Waals surface area (Å²) in [7, 11) is 1.48. The van der Waals surface area contributed by atoms with Crippen LogP contribution in [0.2, 0.25) is 0 Å². The molecule has 2 rings (SSSR count). The zero-order valence-electron chi connectivity index (χ0n) is 11.5. The van der Waals surface area contributed by atoms with Crippen molar-refractivity contribution in [1.29, 1.82) is 0 Å². The van der Waals surface area contributed by atoms with E-state index in [1.54, 1.807) is 10.9 Å². The summed E-state index contributed by atoms with van der Waals surface area (Å²) in [5, 5.41) is 0. The minimum Gasteiger partial charge on any atom is -0.326 e. The normalized spacial score (nSPS) is 13.1. The Bertz CT molecular complexity index is 709. The van der Waals surface area contributed by atoms with Gasteiger partial charge < -0.3 is 10.3 Å². The highest BCUT2D eigenvalue weighted by atomic mass is 16.2. The second kappa shape index (κ2) is 5.00. The third-order valence-corrected chi connectivity index (χ3v) is 3.37. The maximum absolute atomic E-state index is 12.2. The minimum absolute atomic E-state index is 0.0379. The fourth-order valence-electron chi connectivity index (χ4n) is 2.11. The van der Waals surface area contributed by atoms with Crippen molar-refractivity contribution in [3.63, 3.8) is 0 Å². The Balaban J connectivity index is 2.75. The third kappa shape index (κ3) is 2.10. The first kappa shape index (κ1) is 13.5. The molecule has 0 saturated carbocycles. The van der Waals surface area contributed by atoms with Gasteiger partial charge in [0.2, 0.25) is 0 Å². The van der Waals surface area contributed by atoms with Crippen molar-refractivity contribution < 1.29 is 0 Å². The fourth-order valence-corrected chi connectivity index (χ4v) is 2.11. The van der Waals surface area contributed by atoms with Crippen molar-refractivity contribution in [2.24, 2.45) is 12.8 Å². The van der Waals surface area contributed by atoms with Gasteiger partial charge in [0, 0.05) is 26.2 Å². The molecule has 0 aliphatic rings. The summed E-state index contributed by atoms with van der Waals surface area (Å²) >= 11 is 0. The van der Waals surface area contributed by atoms with Crippen LogP contribution in [0.15, 0.2) is 15.9 Å². The molecule has 7 heteroatoms. The van der Waals surface area contributed by atoms with E-state index >= 15 is 0 Å². The largest absolute Gasteiger partial charge is 0.332 e. The van der Waals surface area contributed by atoms with Crippen LogP contribution in [0.3, 0.4) is 0 Å². The number of aryl methyl sites for hydroxylation is 1. The second-order valence-electron chi connectivity index (χ2n) is 4.63. The van der Waals surface area contributed by atoms with Crippen LogP contribution in [0.4, 0.5) is 0 Å². The molecular weight excluding hydrogens is 246 g/mol. The van der Waals surface area contributed by atoms with Crippen molar-refractivity contribution in [3.05, 3.63) is 27.2 Å². The average Bonchev–Trinajstić information content (AvgIpc) is 2.80. The Morgan fingerprint density at radius 2 is 2.05 bits per heavy atom. The van der Waals surface area contributed by atoms with E-state index in [1.165, 1.54) is 11.6 Å². The molecule has 1 atom stereocenters. The Labute approximate surface area is 110 Å². The lowest BCUT2D eigenvalue weighted by Crippen LogP contribution is -2.39. The Morgan fingerprint density at radius 1 is 1.37 bits per heavy atom. The van der Waals surface area contributed by atoms with E-state index in [9.17, 15) is 9.59 Å². The molecule has 7 nitrogen and oxygen atoms in total. The lowest BCUT2D eigenvalue weighted by molar-refractivity contribution is 0.545. The summed E-state index contributed by atoms with van der Waals surface area (Å²) in [4.78, 5) is 28.4. The number of nitrogens with two attached hydrogens (primary N) is 1. The van der Waals surface area contributed by atoms with Crippen molar-refractivity contribution in [1.82, 2.24) is 18.7 Å². The van der Waals surface area contributed by atoms with Crippen molar-refractivity contribution >= 4 is 11.2 Å². The average molecular weight is 265 g/mol. The quantitative estimate of drug-likeness (QED) is 0.818. The molecule has 0 saturated heterocycles. The molecule has 0 bridgehead atoms. The fraction of sp³-hybridized carbons (Fsp3) is 0.583. The second-order valence-corrected chi connectivity index (χ2v) is 4.63. The molecule has 2 aromatic rings. The maximum Gasteiger partial charge on any atom is 0.332 e. The number of aromatic nitrogens is 4. The smallest absolute Gasteiger partial charge is 0.326 e. The number of fused-ring (bicyclic) bond motifs is 1. The highest BCUT2D eigenvalue weighted by molar-refractivity contribution is 5.70. The Morgan fingerprint density at radius 3 is 2.63 bits per heavy atom. The zero-order chi connectivity index (χ0) is 14.2. The first-order chi connectivity index (χ1) is 9.01. The van der Waals surface area contributed by atoms with E-state index < -0.39 is 0 Å². The summed E-state index contributed by atoms with van der Waals surface area (Å²) in [5.41, 5.74) is 6.11. The molecule has 0 aliphatic heterocycles. The molecule has 0 amide bonds. The van der Waals surface area contributed by atoms with Gasteiger partial charge in [-0.25, -0.2) is 9.78 Å². The first-order valence-corrected chi connectivity index (χ1v) is 6.41. The lowest BCUT2D eigenvalue weighted by Gasteiger charge is -2.11. The molecule has 2 N–H and O–H groups in total. The first-order valence-electron chi connectivity index (χ1n) is 6.41. The summed E-state index contributed by atoms with van der Waals surface area (Å²) < 4.78 is 4.34. The van der Waals surface area contributed by atoms with Gasteiger partial charge in [0.1, 0.15) is 0 Å². The minimum atomic E-state index is -0.343. The maximum atomic E-state index is 12.2. The molecule has 0 aliphatic carbocycles. The standard InChI is InChI=1S/C12H19N5O2/c1-4-8(13)6-16-7-14-10-9(16)11(18)15(3)12(19)17(10)5-2/h7-8H,4-6,13H2,1-3H3. The van der Waals surface area contributed by atoms with Gasteiger partial charge >= 0.3 is 5.69 Å². The molecule has 2 heterocycles. The summed E-state index contributed by atoms with van der Waals surface area (Å²) in [6, 6.07) is -0.0379. The lowest BCUT2D eigenvalue weighted by atomic mass is 10.2. The molecular formula is C12H19N5O2. The predicted molar refractivity (Wildman–Crippen MR) is 73.2 cm³/mol. The van der Waals surface area contributed by atoms with Crippen LogP contribution < -0.4 is 17.0 Å². The monoisotopic (exact) mass is 265 g/mol. The van der Waals surface area contributed by atoms with E-state index in [2.05, 4.69) is 4.98 Å². The number of hydrogen-bond acceptors (Lipinski definition) is 4. The van der Waals surface area contributed by atoms with Gasteiger partial charge in [-0.15, -0.1) is 0 Å². The number of nitrogens with zero attached hydrogens (tertiary/aromatic N) is 4. The number of rotatable bonds is 4. The predicted octanol–water partition coefficient (Wildman–Crippen LogP) is -0.346. The molecule has 104 valence electrons. The van der Waals surface area contributed by atoms with Crippen molar-refractivity contribution in [3.8, 4) is 0 Å². The Hall–Kier alpha value is -1.89. The molecule has 0 aromatic carbocycles. The van der Waals surface area contributed by atoms with Gasteiger partial charge in [0.15, 0.2) is 11.2 Å². The van der Waals surface area contributed by atoms with Crippen LogP contribution in [0.25, 0.3) is 11.2 Å². The highest BCUT2D eigenvalue weighted by Crippen LogP contribution is 2.07. The van der Waals surface area contributed by atoms with E-state index in [4.69, 9.17) is 5.73 Å². The van der Waals surface area contributed by atoms with E-state index in [1.807, 2.05) is 13.8 Å². The van der Waals surface area contributed by atoms with Crippen LogP contribution in [-0.4, -0.2) is 24.7 Å². The zero-order valence-corrected chi connectivity index (χ0v) is 11.5. The summed E-state index contributed by atoms with van der Waals surface area (Å²) in [6.07, 6.45) is 2.39. The van der Waals surface area contributed by atoms with Gasteiger partial charge in [-0.05, 0) is 13.3 Å². The highest BCUT2D eigenvalue weighted by Gasteiger charge is 2.16. The van der Waals surface area contributed by atoms with Gasteiger partial charge in [-0.3, -0.25) is 13.9 Å². The summed E-state index contributed by atoms with van der Waals surface area (Å²) in [6.45, 7) is 4.83. The molecule has 1 unspecified atom stereocenters. The van der Waals surface area contributed by atoms with E-state index in [-0.39, 0.29) is 17.3 Å². The SMILES string of the molecule is CCC(N)Cn1cnc2c1c(=O)n(C)c(=O)n2CC. The molecule has 19 heavy (non-hydrogen) atoms. The van der Waals surface area contributed by atoms with Crippen molar-refractivity contribution in [2.75, 3.05) is 0 Å². The van der Waals surface area contributed by atoms with Crippen LogP contribution in [-0.2, 0) is 20.1 Å². The molecule has 0 radical (unpaired) electrons. The summed E-state index contributed by atoms with van der Waals surface area (Å²) in [5.74, 6) is 0. The molecule has 2 aromatic heterocycles. The molecule has 0 spiro atoms. The molecule has 0 fully saturated rings. The van der Waals surface area contributed by atoms with E-state index in [0.717, 1.165) is 11.0 Å². The van der Waals surface area contributed by atoms with Crippen LogP contribution in [0.1, 0.15) is 20.3 Å². The number of hydrogen-bond donors (Lipinski definition) is 1. The van der Waals surface area contributed by atoms with Gasteiger partial charge in [-0.2, -0.15) is 0 Å². The topological polar surface area (TPSA) is 87.8 Å². The van der Waals surface area contributed by atoms with Gasteiger partial charge in [-0.1, -0.05) is 6.92 Å². The van der Waals surface area contributed by atoms with Crippen molar-refractivity contribution in [2.45, 2.75) is 39.4 Å². The number of imidazole rings is 1. The Kier molecular flexibility index (Phi) is 3.57. The van der Waals surface area contributed by atoms with Gasteiger partial charge in [0.05, 0.1) is 6.33 Å². The van der Waals surface area contributed by atoms with Gasteiger partial charge in [0.25, 0.3) is 5.56 Å². The van der Waals surface area contributed by atoms with E-state index in [0.29, 0.717) is 24.3 Å².